The number of carbonyl (C=O) groups is 4. The van der Waals surface area contributed by atoms with Crippen molar-refractivity contribution in [3.63, 3.8) is 0 Å². The van der Waals surface area contributed by atoms with Crippen LogP contribution in [0, 0.1) is 11.5 Å². The monoisotopic (exact) mass is 485 g/mol. The summed E-state index contributed by atoms with van der Waals surface area (Å²) < 4.78 is 4.80. The third-order valence-corrected chi connectivity index (χ3v) is 10.9. The van der Waals surface area contributed by atoms with Crippen LogP contribution in [0.4, 0.5) is 0 Å². The number of nitrogens with one attached hydrogen (secondary N) is 3. The number of hydrogen-bond donors (Lipinski definition) is 3. The van der Waals surface area contributed by atoms with Gasteiger partial charge in [-0.25, -0.2) is 4.79 Å². The van der Waals surface area contributed by atoms with Crippen LogP contribution in [0.25, 0.3) is 0 Å². The SMILES string of the molecule is COC(=O)[C@@H](CC#C[Si](C)(C)C(C)(C)C)NC(=O)C[C@@H]1NC(=O)[C@H](Cc2ccccc2)NC1=O. The average molecular weight is 486 g/mol. The van der Waals surface area contributed by atoms with Crippen molar-refractivity contribution in [2.45, 2.75) is 76.3 Å². The topological polar surface area (TPSA) is 114 Å². The molecule has 0 saturated carbocycles. The molecule has 1 aliphatic rings. The van der Waals surface area contributed by atoms with Gasteiger partial charge in [0.25, 0.3) is 0 Å². The maximum Gasteiger partial charge on any atom is 0.329 e. The normalized spacial score (nSPS) is 19.1. The first kappa shape index (κ1) is 27.1. The zero-order valence-electron chi connectivity index (χ0n) is 20.8. The quantitative estimate of drug-likeness (QED) is 0.309. The first-order valence-corrected chi connectivity index (χ1v) is 14.4. The molecule has 0 aliphatic carbocycles. The molecule has 1 aromatic rings. The van der Waals surface area contributed by atoms with Crippen LogP contribution in [0.5, 0.6) is 0 Å². The van der Waals surface area contributed by atoms with Gasteiger partial charge in [-0.05, 0) is 10.6 Å². The van der Waals surface area contributed by atoms with Crippen molar-refractivity contribution in [2.24, 2.45) is 0 Å². The van der Waals surface area contributed by atoms with Crippen LogP contribution in [0.3, 0.4) is 0 Å². The van der Waals surface area contributed by atoms with E-state index in [1.165, 1.54) is 7.11 Å². The van der Waals surface area contributed by atoms with Crippen molar-refractivity contribution in [2.75, 3.05) is 7.11 Å². The van der Waals surface area contributed by atoms with Gasteiger partial charge in [-0.3, -0.25) is 14.4 Å². The predicted octanol–water partition coefficient (Wildman–Crippen LogP) is 1.70. The molecule has 3 atom stereocenters. The molecular weight excluding hydrogens is 450 g/mol. The maximum atomic E-state index is 12.6. The minimum absolute atomic E-state index is 0.0644. The predicted molar refractivity (Wildman–Crippen MR) is 132 cm³/mol. The van der Waals surface area contributed by atoms with Gasteiger partial charge in [0, 0.05) is 12.8 Å². The van der Waals surface area contributed by atoms with Crippen LogP contribution in [-0.4, -0.2) is 57.0 Å². The van der Waals surface area contributed by atoms with E-state index in [0.29, 0.717) is 6.42 Å². The number of rotatable bonds is 7. The molecule has 9 heteroatoms. The molecule has 0 spiro atoms. The fraction of sp³-hybridized carbons (Fsp3) is 0.520. The molecule has 34 heavy (non-hydrogen) atoms. The van der Waals surface area contributed by atoms with Crippen LogP contribution in [0.2, 0.25) is 18.1 Å². The van der Waals surface area contributed by atoms with Gasteiger partial charge in [-0.2, -0.15) is 0 Å². The molecule has 1 saturated heterocycles. The van der Waals surface area contributed by atoms with E-state index in [-0.39, 0.29) is 23.8 Å². The summed E-state index contributed by atoms with van der Waals surface area (Å²) in [7, 11) is -0.629. The van der Waals surface area contributed by atoms with Crippen molar-refractivity contribution in [1.82, 2.24) is 16.0 Å². The Morgan fingerprint density at radius 1 is 1.09 bits per heavy atom. The van der Waals surface area contributed by atoms with E-state index in [1.54, 1.807) is 0 Å². The minimum Gasteiger partial charge on any atom is -0.467 e. The standard InChI is InChI=1S/C25H35N3O5Si/c1-25(2,3)34(5,6)14-10-13-18(24(32)33-4)26-21(29)16-20-23(31)27-19(22(30)28-20)15-17-11-8-7-9-12-17/h7-9,11-12,18-20H,13,15-16H2,1-6H3,(H,26,29)(H,27,31)(H,28,30)/t18-,19+,20+/m1/s1. The molecule has 0 bridgehead atoms. The first-order valence-electron chi connectivity index (χ1n) is 11.4. The number of hydrogen-bond acceptors (Lipinski definition) is 5. The number of amides is 3. The zero-order chi connectivity index (χ0) is 25.5. The molecule has 1 aromatic carbocycles. The number of carbonyl (C=O) groups excluding carboxylic acids is 4. The summed E-state index contributed by atoms with van der Waals surface area (Å²) in [5, 5.41) is 7.95. The van der Waals surface area contributed by atoms with E-state index < -0.39 is 44.0 Å². The smallest absolute Gasteiger partial charge is 0.329 e. The molecule has 8 nitrogen and oxygen atoms in total. The number of methoxy groups -OCH3 is 1. The van der Waals surface area contributed by atoms with Crippen molar-refractivity contribution in [3.8, 4) is 11.5 Å². The maximum absolute atomic E-state index is 12.6. The van der Waals surface area contributed by atoms with E-state index >= 15 is 0 Å². The van der Waals surface area contributed by atoms with E-state index in [0.717, 1.165) is 5.56 Å². The van der Waals surface area contributed by atoms with E-state index in [9.17, 15) is 19.2 Å². The summed E-state index contributed by atoms with van der Waals surface area (Å²) in [5.41, 5.74) is 4.22. The van der Waals surface area contributed by atoms with E-state index in [1.807, 2.05) is 30.3 Å². The number of benzene rings is 1. The van der Waals surface area contributed by atoms with Crippen molar-refractivity contribution < 1.29 is 23.9 Å². The van der Waals surface area contributed by atoms with Crippen LogP contribution in [0.1, 0.15) is 39.2 Å². The van der Waals surface area contributed by atoms with Crippen LogP contribution >= 0.6 is 0 Å². The minimum atomic E-state index is -1.87. The molecule has 2 rings (SSSR count). The Bertz CT molecular complexity index is 976. The number of ether oxygens (including phenoxy) is 1. The third-order valence-electron chi connectivity index (χ3n) is 6.34. The lowest BCUT2D eigenvalue weighted by atomic mass is 10.0. The summed E-state index contributed by atoms with van der Waals surface area (Å²) in [4.78, 5) is 49.8. The van der Waals surface area contributed by atoms with Gasteiger partial charge in [0.05, 0.1) is 13.5 Å². The van der Waals surface area contributed by atoms with Crippen LogP contribution in [0.15, 0.2) is 30.3 Å². The highest BCUT2D eigenvalue weighted by molar-refractivity contribution is 6.87. The van der Waals surface area contributed by atoms with Gasteiger partial charge in [-0.15, -0.1) is 11.5 Å². The molecule has 3 N–H and O–H groups in total. The molecule has 0 aromatic heterocycles. The lowest BCUT2D eigenvalue weighted by Crippen LogP contribution is -2.63. The zero-order valence-corrected chi connectivity index (χ0v) is 21.8. The summed E-state index contributed by atoms with van der Waals surface area (Å²) >= 11 is 0. The second-order valence-electron chi connectivity index (χ2n) is 10.0. The molecule has 1 aliphatic heterocycles. The molecule has 184 valence electrons. The molecule has 1 fully saturated rings. The Morgan fingerprint density at radius 3 is 2.26 bits per heavy atom. The van der Waals surface area contributed by atoms with Gasteiger partial charge in [-0.1, -0.05) is 64.2 Å². The van der Waals surface area contributed by atoms with Crippen LogP contribution < -0.4 is 16.0 Å². The third kappa shape index (κ3) is 7.45. The van der Waals surface area contributed by atoms with E-state index in [2.05, 4.69) is 61.3 Å². The molecule has 0 unspecified atom stereocenters. The van der Waals surface area contributed by atoms with Crippen molar-refractivity contribution in [3.05, 3.63) is 35.9 Å². The van der Waals surface area contributed by atoms with Gasteiger partial charge in [0.15, 0.2) is 0 Å². The fourth-order valence-corrected chi connectivity index (χ4v) is 4.07. The van der Waals surface area contributed by atoms with Gasteiger partial charge in [0.2, 0.25) is 17.7 Å². The Morgan fingerprint density at radius 2 is 1.68 bits per heavy atom. The molecular formula is C25H35N3O5Si. The largest absolute Gasteiger partial charge is 0.467 e. The van der Waals surface area contributed by atoms with Crippen molar-refractivity contribution >= 4 is 31.8 Å². The Kier molecular flexibility index (Phi) is 9.04. The Hall–Kier alpha value is -3.12. The fourth-order valence-electron chi connectivity index (χ4n) is 3.15. The highest BCUT2D eigenvalue weighted by Crippen LogP contribution is 2.35. The Labute approximate surface area is 202 Å². The second-order valence-corrected chi connectivity index (χ2v) is 15.0. The first-order chi connectivity index (χ1) is 15.8. The summed E-state index contributed by atoms with van der Waals surface area (Å²) in [6, 6.07) is 6.67. The number of esters is 1. The molecule has 1 heterocycles. The van der Waals surface area contributed by atoms with Gasteiger partial charge >= 0.3 is 5.97 Å². The highest BCUT2D eigenvalue weighted by atomic mass is 28.3. The summed E-state index contributed by atoms with van der Waals surface area (Å²) in [6.45, 7) is 10.7. The molecule has 0 radical (unpaired) electrons. The van der Waals surface area contributed by atoms with Gasteiger partial charge in [0.1, 0.15) is 26.2 Å². The lowest BCUT2D eigenvalue weighted by molar-refractivity contribution is -0.145. The van der Waals surface area contributed by atoms with Crippen LogP contribution in [-0.2, 0) is 30.3 Å². The van der Waals surface area contributed by atoms with E-state index in [4.69, 9.17) is 4.74 Å². The summed E-state index contributed by atoms with van der Waals surface area (Å²) in [5.74, 6) is 1.09. The second kappa shape index (κ2) is 11.3. The molecule has 3 amide bonds. The Balaban J connectivity index is 1.97. The van der Waals surface area contributed by atoms with Gasteiger partial charge < -0.3 is 20.7 Å². The summed E-state index contributed by atoms with van der Waals surface area (Å²) in [6.07, 6.45) is 0.167. The average Bonchev–Trinajstić information content (AvgIpc) is 2.75. The lowest BCUT2D eigenvalue weighted by Gasteiger charge is -2.31. The highest BCUT2D eigenvalue weighted by Gasteiger charge is 2.36. The number of piperazine rings is 1. The van der Waals surface area contributed by atoms with Crippen molar-refractivity contribution in [1.29, 1.82) is 0 Å².